The van der Waals surface area contributed by atoms with Gasteiger partial charge in [-0.2, -0.15) is 0 Å². The van der Waals surface area contributed by atoms with Crippen LogP contribution in [0.25, 0.3) is 0 Å². The molecular weight excluding hydrogens is 428 g/mol. The number of Topliss-reactive ketones (excluding diaryl/α,β-unsaturated/α-hetero) is 1. The lowest BCUT2D eigenvalue weighted by atomic mass is 9.83. The summed E-state index contributed by atoms with van der Waals surface area (Å²) in [6.45, 7) is 17.3. The largest absolute Gasteiger partial charge is 0.326 e. The van der Waals surface area contributed by atoms with Crippen LogP contribution in [-0.2, 0) is 25.6 Å². The molecule has 0 radical (unpaired) electrons. The molecule has 6 heteroatoms. The van der Waals surface area contributed by atoms with Gasteiger partial charge in [-0.05, 0) is 34.9 Å². The molecular formula is C28H40N2O4. The van der Waals surface area contributed by atoms with E-state index in [2.05, 4.69) is 26.1 Å². The second-order valence-electron chi connectivity index (χ2n) is 12.5. The summed E-state index contributed by atoms with van der Waals surface area (Å²) in [6, 6.07) is 6.32. The second kappa shape index (κ2) is 9.85. The Morgan fingerprint density at radius 3 is 1.91 bits per heavy atom. The molecule has 1 atom stereocenters. The Bertz CT molecular complexity index is 983. The number of anilines is 1. The van der Waals surface area contributed by atoms with Gasteiger partial charge in [0.25, 0.3) is 11.8 Å². The number of imide groups is 1. The third kappa shape index (κ3) is 7.12. The van der Waals surface area contributed by atoms with Gasteiger partial charge < -0.3 is 5.32 Å². The molecule has 1 aromatic rings. The fourth-order valence-electron chi connectivity index (χ4n) is 3.78. The second-order valence-corrected chi connectivity index (χ2v) is 12.5. The molecule has 0 unspecified atom stereocenters. The molecule has 0 aliphatic carbocycles. The Hall–Kier alpha value is -2.76. The highest BCUT2D eigenvalue weighted by molar-refractivity contribution is 6.19. The van der Waals surface area contributed by atoms with E-state index < -0.39 is 28.7 Å². The number of ketones is 1. The summed E-state index contributed by atoms with van der Waals surface area (Å²) >= 11 is 0. The van der Waals surface area contributed by atoms with Crippen molar-refractivity contribution in [3.05, 3.63) is 41.5 Å². The Balaban J connectivity index is 2.22. The first-order valence-electron chi connectivity index (χ1n) is 11.9. The van der Waals surface area contributed by atoms with E-state index in [1.54, 1.807) is 32.9 Å². The van der Waals surface area contributed by atoms with E-state index in [1.807, 2.05) is 32.9 Å². The summed E-state index contributed by atoms with van der Waals surface area (Å²) < 4.78 is 0. The number of hydrogen-bond acceptors (Lipinski definition) is 4. The van der Waals surface area contributed by atoms with E-state index in [-0.39, 0.29) is 23.5 Å². The average molecular weight is 469 g/mol. The quantitative estimate of drug-likeness (QED) is 0.549. The Morgan fingerprint density at radius 1 is 0.912 bits per heavy atom. The molecule has 0 aromatic heterocycles. The number of carbonyl (C=O) groups excluding carboxylic acids is 4. The van der Waals surface area contributed by atoms with Crippen molar-refractivity contribution in [2.24, 2.45) is 16.2 Å². The summed E-state index contributed by atoms with van der Waals surface area (Å²) in [5.74, 6) is -1.06. The molecule has 0 fully saturated rings. The maximum absolute atomic E-state index is 13.3. The van der Waals surface area contributed by atoms with E-state index in [0.29, 0.717) is 17.7 Å². The van der Waals surface area contributed by atoms with Gasteiger partial charge in [-0.15, -0.1) is 0 Å². The fourth-order valence-corrected chi connectivity index (χ4v) is 3.78. The molecule has 0 spiro atoms. The van der Waals surface area contributed by atoms with Gasteiger partial charge in [-0.1, -0.05) is 74.4 Å². The van der Waals surface area contributed by atoms with E-state index >= 15 is 0 Å². The van der Waals surface area contributed by atoms with E-state index in [9.17, 15) is 19.2 Å². The Labute approximate surface area is 204 Å². The molecule has 1 aliphatic rings. The van der Waals surface area contributed by atoms with Gasteiger partial charge in [0.05, 0.1) is 0 Å². The van der Waals surface area contributed by atoms with Gasteiger partial charge >= 0.3 is 0 Å². The summed E-state index contributed by atoms with van der Waals surface area (Å²) in [5, 5.41) is 2.90. The third-order valence-corrected chi connectivity index (χ3v) is 5.88. The van der Waals surface area contributed by atoms with Crippen LogP contribution >= 0.6 is 0 Å². The van der Waals surface area contributed by atoms with E-state index in [0.717, 1.165) is 16.9 Å². The van der Waals surface area contributed by atoms with Crippen LogP contribution < -0.4 is 5.32 Å². The van der Waals surface area contributed by atoms with Crippen molar-refractivity contribution in [2.75, 3.05) is 5.32 Å². The molecule has 6 nitrogen and oxygen atoms in total. The van der Waals surface area contributed by atoms with Crippen LogP contribution in [-0.4, -0.2) is 34.4 Å². The van der Waals surface area contributed by atoms with Crippen LogP contribution in [0.4, 0.5) is 5.69 Å². The molecule has 0 bridgehead atoms. The topological polar surface area (TPSA) is 83.6 Å². The molecule has 1 heterocycles. The summed E-state index contributed by atoms with van der Waals surface area (Å²) in [6.07, 6.45) is 2.81. The zero-order valence-corrected chi connectivity index (χ0v) is 22.2. The van der Waals surface area contributed by atoms with Crippen LogP contribution in [0.5, 0.6) is 0 Å². The summed E-state index contributed by atoms with van der Waals surface area (Å²) in [7, 11) is 0. The van der Waals surface area contributed by atoms with Crippen molar-refractivity contribution in [1.29, 1.82) is 0 Å². The van der Waals surface area contributed by atoms with Crippen molar-refractivity contribution in [3.63, 3.8) is 0 Å². The molecule has 0 saturated carbocycles. The zero-order chi connectivity index (χ0) is 26.1. The molecule has 2 rings (SSSR count). The molecule has 3 amide bonds. The van der Waals surface area contributed by atoms with Crippen molar-refractivity contribution in [1.82, 2.24) is 4.90 Å². The first kappa shape index (κ1) is 27.5. The van der Waals surface area contributed by atoms with Gasteiger partial charge in [0, 0.05) is 35.6 Å². The number of carbonyl (C=O) groups is 4. The van der Waals surface area contributed by atoms with E-state index in [1.165, 1.54) is 6.08 Å². The number of hydrogen-bond donors (Lipinski definition) is 1. The number of nitrogens with zero attached hydrogens (tertiary/aromatic N) is 1. The number of rotatable bonds is 7. The monoisotopic (exact) mass is 468 g/mol. The highest BCUT2D eigenvalue weighted by atomic mass is 16.2. The smallest absolute Gasteiger partial charge is 0.258 e. The third-order valence-electron chi connectivity index (χ3n) is 5.88. The van der Waals surface area contributed by atoms with Crippen LogP contribution in [0.1, 0.15) is 80.7 Å². The van der Waals surface area contributed by atoms with Crippen LogP contribution in [0.3, 0.4) is 0 Å². The van der Waals surface area contributed by atoms with E-state index in [4.69, 9.17) is 0 Å². The van der Waals surface area contributed by atoms with Gasteiger partial charge in [0.1, 0.15) is 6.04 Å². The van der Waals surface area contributed by atoms with Crippen LogP contribution in [0.15, 0.2) is 35.9 Å². The fraction of sp³-hybridized carbons (Fsp3) is 0.571. The highest BCUT2D eigenvalue weighted by Gasteiger charge is 2.45. The van der Waals surface area contributed by atoms with Gasteiger partial charge in [0.15, 0.2) is 5.78 Å². The lowest BCUT2D eigenvalue weighted by molar-refractivity contribution is -0.147. The molecule has 1 aliphatic heterocycles. The minimum absolute atomic E-state index is 0.0440. The van der Waals surface area contributed by atoms with Crippen LogP contribution in [0.2, 0.25) is 0 Å². The highest BCUT2D eigenvalue weighted by Crippen LogP contribution is 2.34. The van der Waals surface area contributed by atoms with Crippen molar-refractivity contribution < 1.29 is 19.2 Å². The zero-order valence-electron chi connectivity index (χ0n) is 22.2. The molecule has 1 aromatic carbocycles. The normalized spacial score (nSPS) is 15.9. The van der Waals surface area contributed by atoms with Gasteiger partial charge in [-0.25, -0.2) is 0 Å². The summed E-state index contributed by atoms with van der Waals surface area (Å²) in [4.78, 5) is 52.7. The average Bonchev–Trinajstić information content (AvgIpc) is 2.98. The summed E-state index contributed by atoms with van der Waals surface area (Å²) in [5.41, 5.74) is 0.756. The van der Waals surface area contributed by atoms with Crippen molar-refractivity contribution >= 4 is 29.2 Å². The van der Waals surface area contributed by atoms with Gasteiger partial charge in [0.2, 0.25) is 5.91 Å². The number of nitrogens with one attached hydrogen (secondary N) is 1. The molecule has 186 valence electrons. The van der Waals surface area contributed by atoms with Crippen molar-refractivity contribution in [2.45, 2.75) is 87.6 Å². The maximum atomic E-state index is 13.3. The molecule has 34 heavy (non-hydrogen) atoms. The Morgan fingerprint density at radius 2 is 1.47 bits per heavy atom. The Kier molecular flexibility index (Phi) is 7.96. The standard InChI is InChI=1S/C28H40N2O4/c1-26(2,3)15-14-22(31)29-19-12-10-18(11-13-19)16-21(24(33)28(7,8)9)30-23(32)17-20(25(30)34)27(4,5)6/h10-13,17,21H,14-16H2,1-9H3,(H,29,31)/t21-/m0/s1. The predicted molar refractivity (Wildman–Crippen MR) is 135 cm³/mol. The first-order valence-corrected chi connectivity index (χ1v) is 11.9. The number of benzene rings is 1. The SMILES string of the molecule is CC(C)(C)CCC(=O)Nc1ccc(C[C@@H](C(=O)C(C)(C)C)N2C(=O)C=C(C(C)(C)C)C2=O)cc1. The minimum Gasteiger partial charge on any atom is -0.326 e. The maximum Gasteiger partial charge on any atom is 0.258 e. The lowest BCUT2D eigenvalue weighted by Gasteiger charge is -2.32. The first-order chi connectivity index (χ1) is 15.4. The van der Waals surface area contributed by atoms with Crippen molar-refractivity contribution in [3.8, 4) is 0 Å². The molecule has 1 N–H and O–H groups in total. The molecule has 0 saturated heterocycles. The lowest BCUT2D eigenvalue weighted by Crippen LogP contribution is -2.50. The van der Waals surface area contributed by atoms with Crippen LogP contribution in [0, 0.1) is 16.2 Å². The predicted octanol–water partition coefficient (Wildman–Crippen LogP) is 5.32. The van der Waals surface area contributed by atoms with Gasteiger partial charge in [-0.3, -0.25) is 24.1 Å². The number of amides is 3. The minimum atomic E-state index is -0.900.